The molecule has 0 bridgehead atoms. The van der Waals surface area contributed by atoms with E-state index in [9.17, 15) is 14.9 Å². The first-order valence-corrected chi connectivity index (χ1v) is 8.58. The lowest BCUT2D eigenvalue weighted by atomic mass is 10.1. The van der Waals surface area contributed by atoms with Crippen LogP contribution in [0.25, 0.3) is 10.2 Å². The Morgan fingerprint density at radius 3 is 2.64 bits per heavy atom. The van der Waals surface area contributed by atoms with Crippen LogP contribution in [0.4, 0.5) is 11.4 Å². The Balaban J connectivity index is 2.00. The zero-order valence-corrected chi connectivity index (χ0v) is 14.9. The molecule has 0 radical (unpaired) electrons. The smallest absolute Gasteiger partial charge is 0.293 e. The summed E-state index contributed by atoms with van der Waals surface area (Å²) in [5, 5.41) is 12.3. The molecule has 0 aliphatic carbocycles. The normalized spacial score (nSPS) is 12.1. The van der Waals surface area contributed by atoms with Crippen molar-refractivity contribution in [2.24, 2.45) is 0 Å². The van der Waals surface area contributed by atoms with Gasteiger partial charge in [0.15, 0.2) is 5.78 Å². The zero-order chi connectivity index (χ0) is 18.1. The predicted molar refractivity (Wildman–Crippen MR) is 99.5 cm³/mol. The van der Waals surface area contributed by atoms with E-state index >= 15 is 0 Å². The second-order valence-electron chi connectivity index (χ2n) is 5.82. The van der Waals surface area contributed by atoms with Crippen LogP contribution in [0.2, 0.25) is 0 Å². The van der Waals surface area contributed by atoms with Crippen molar-refractivity contribution in [3.05, 3.63) is 63.1 Å². The van der Waals surface area contributed by atoms with Crippen LogP contribution in [-0.4, -0.2) is 22.7 Å². The van der Waals surface area contributed by atoms with Crippen molar-refractivity contribution in [3.8, 4) is 0 Å². The third kappa shape index (κ3) is 3.23. The highest BCUT2D eigenvalue weighted by Gasteiger charge is 2.24. The van der Waals surface area contributed by atoms with Crippen LogP contribution < -0.4 is 4.90 Å². The van der Waals surface area contributed by atoms with Gasteiger partial charge in [-0.2, -0.15) is 0 Å². The number of hydrogen-bond donors (Lipinski definition) is 0. The maximum absolute atomic E-state index is 11.5. The van der Waals surface area contributed by atoms with E-state index in [1.54, 1.807) is 30.5 Å². The molecule has 1 atom stereocenters. The quantitative estimate of drug-likeness (QED) is 0.380. The van der Waals surface area contributed by atoms with Gasteiger partial charge in [-0.1, -0.05) is 12.1 Å². The van der Waals surface area contributed by atoms with Crippen molar-refractivity contribution in [2.45, 2.75) is 19.9 Å². The first-order valence-electron chi connectivity index (χ1n) is 7.76. The Morgan fingerprint density at radius 1 is 1.28 bits per heavy atom. The number of rotatable bonds is 5. The monoisotopic (exact) mass is 355 g/mol. The number of carbonyl (C=O) groups is 1. The van der Waals surface area contributed by atoms with Crippen LogP contribution in [0.5, 0.6) is 0 Å². The second-order valence-corrected chi connectivity index (χ2v) is 6.89. The number of hydrogen-bond acceptors (Lipinski definition) is 6. The van der Waals surface area contributed by atoms with Crippen molar-refractivity contribution in [2.75, 3.05) is 11.9 Å². The van der Waals surface area contributed by atoms with E-state index in [0.717, 1.165) is 15.2 Å². The summed E-state index contributed by atoms with van der Waals surface area (Å²) >= 11 is 1.57. The van der Waals surface area contributed by atoms with Crippen molar-refractivity contribution >= 4 is 38.7 Å². The van der Waals surface area contributed by atoms with Gasteiger partial charge >= 0.3 is 0 Å². The first kappa shape index (κ1) is 17.0. The number of nitro benzene ring substituents is 1. The average molecular weight is 355 g/mol. The van der Waals surface area contributed by atoms with Crippen LogP contribution in [0.1, 0.15) is 35.3 Å². The maximum atomic E-state index is 11.5. The standard InChI is InChI=1S/C18H17N3O3S/c1-11(18-19-14-6-4-5-7-17(14)25-18)20(3)15-9-8-13(12(2)22)10-16(15)21(23)24/h4-11H,1-3H3/t11-/m1/s1. The summed E-state index contributed by atoms with van der Waals surface area (Å²) in [6.07, 6.45) is 0. The number of benzene rings is 2. The molecule has 0 saturated carbocycles. The van der Waals surface area contributed by atoms with Crippen molar-refractivity contribution in [3.63, 3.8) is 0 Å². The van der Waals surface area contributed by atoms with Gasteiger partial charge in [0.2, 0.25) is 0 Å². The Hall–Kier alpha value is -2.80. The number of carbonyl (C=O) groups excluding carboxylic acids is 1. The Labute approximate surface area is 148 Å². The van der Waals surface area contributed by atoms with Crippen molar-refractivity contribution < 1.29 is 9.72 Å². The SMILES string of the molecule is CC(=O)c1ccc(N(C)[C@H](C)c2nc3ccccc3s2)c([N+](=O)[O-])c1. The van der Waals surface area contributed by atoms with E-state index in [0.29, 0.717) is 11.3 Å². The van der Waals surface area contributed by atoms with Gasteiger partial charge in [-0.3, -0.25) is 14.9 Å². The van der Waals surface area contributed by atoms with Gasteiger partial charge in [-0.25, -0.2) is 4.98 Å². The number of fused-ring (bicyclic) bond motifs is 1. The lowest BCUT2D eigenvalue weighted by molar-refractivity contribution is -0.384. The van der Waals surface area contributed by atoms with Gasteiger partial charge in [0.25, 0.3) is 5.69 Å². The number of para-hydroxylation sites is 1. The molecule has 1 aromatic heterocycles. The molecule has 1 heterocycles. The third-order valence-electron chi connectivity index (χ3n) is 4.21. The summed E-state index contributed by atoms with van der Waals surface area (Å²) in [5.74, 6) is -0.198. The fraction of sp³-hybridized carbons (Fsp3) is 0.222. The number of aromatic nitrogens is 1. The molecule has 0 aliphatic rings. The third-order valence-corrected chi connectivity index (χ3v) is 5.41. The van der Waals surface area contributed by atoms with Crippen LogP contribution in [0.15, 0.2) is 42.5 Å². The first-order chi connectivity index (χ1) is 11.9. The van der Waals surface area contributed by atoms with Gasteiger partial charge in [0, 0.05) is 18.7 Å². The average Bonchev–Trinajstić information content (AvgIpc) is 3.03. The summed E-state index contributed by atoms with van der Waals surface area (Å²) in [4.78, 5) is 29.0. The van der Waals surface area contributed by atoms with Crippen LogP contribution >= 0.6 is 11.3 Å². The fourth-order valence-corrected chi connectivity index (χ4v) is 3.69. The predicted octanol–water partition coefficient (Wildman–Crippen LogP) is 4.60. The van der Waals surface area contributed by atoms with Gasteiger partial charge in [-0.05, 0) is 38.1 Å². The van der Waals surface area contributed by atoms with Gasteiger partial charge in [0.1, 0.15) is 10.7 Å². The number of anilines is 1. The largest absolute Gasteiger partial charge is 0.360 e. The number of nitrogens with zero attached hydrogens (tertiary/aromatic N) is 3. The van der Waals surface area contributed by atoms with E-state index in [1.807, 2.05) is 36.1 Å². The number of nitro groups is 1. The van der Waals surface area contributed by atoms with Crippen LogP contribution in [0.3, 0.4) is 0 Å². The molecular weight excluding hydrogens is 338 g/mol. The highest BCUT2D eigenvalue weighted by atomic mass is 32.1. The molecule has 0 spiro atoms. The van der Waals surface area contributed by atoms with Gasteiger partial charge in [0.05, 0.1) is 21.2 Å². The second kappa shape index (κ2) is 6.60. The maximum Gasteiger partial charge on any atom is 0.293 e. The van der Waals surface area contributed by atoms with Crippen LogP contribution in [0, 0.1) is 10.1 Å². The summed E-state index contributed by atoms with van der Waals surface area (Å²) < 4.78 is 1.08. The molecule has 0 N–H and O–H groups in total. The molecular formula is C18H17N3O3S. The highest BCUT2D eigenvalue weighted by molar-refractivity contribution is 7.18. The molecule has 0 saturated heterocycles. The summed E-state index contributed by atoms with van der Waals surface area (Å²) in [7, 11) is 1.80. The molecule has 6 nitrogen and oxygen atoms in total. The molecule has 128 valence electrons. The molecule has 0 fully saturated rings. The molecule has 7 heteroatoms. The van der Waals surface area contributed by atoms with Crippen molar-refractivity contribution in [1.29, 1.82) is 0 Å². The molecule has 0 amide bonds. The number of ketones is 1. The minimum atomic E-state index is -0.455. The Morgan fingerprint density at radius 2 is 2.00 bits per heavy atom. The lowest BCUT2D eigenvalue weighted by Crippen LogP contribution is -2.22. The number of thiazole rings is 1. The molecule has 3 aromatic rings. The number of Topliss-reactive ketones (excluding diaryl/α,β-unsaturated/α-hetero) is 1. The van der Waals surface area contributed by atoms with E-state index in [4.69, 9.17) is 0 Å². The topological polar surface area (TPSA) is 76.3 Å². The van der Waals surface area contributed by atoms with E-state index in [2.05, 4.69) is 4.98 Å². The minimum Gasteiger partial charge on any atom is -0.360 e. The molecule has 2 aromatic carbocycles. The van der Waals surface area contributed by atoms with Crippen LogP contribution in [-0.2, 0) is 0 Å². The Kier molecular flexibility index (Phi) is 4.50. The van der Waals surface area contributed by atoms with Gasteiger partial charge in [-0.15, -0.1) is 11.3 Å². The van der Waals surface area contributed by atoms with E-state index < -0.39 is 4.92 Å². The van der Waals surface area contributed by atoms with Gasteiger partial charge < -0.3 is 4.90 Å². The molecule has 0 unspecified atom stereocenters. The molecule has 0 aliphatic heterocycles. The highest BCUT2D eigenvalue weighted by Crippen LogP contribution is 2.36. The minimum absolute atomic E-state index is 0.0804. The fourth-order valence-electron chi connectivity index (χ4n) is 2.63. The Bertz CT molecular complexity index is 934. The zero-order valence-electron chi connectivity index (χ0n) is 14.1. The van der Waals surface area contributed by atoms with E-state index in [-0.39, 0.29) is 17.5 Å². The van der Waals surface area contributed by atoms with Crippen molar-refractivity contribution in [1.82, 2.24) is 4.98 Å². The summed E-state index contributed by atoms with van der Waals surface area (Å²) in [6, 6.07) is 12.3. The molecule has 25 heavy (non-hydrogen) atoms. The summed E-state index contributed by atoms with van der Waals surface area (Å²) in [6.45, 7) is 3.35. The molecule has 3 rings (SSSR count). The summed E-state index contributed by atoms with van der Waals surface area (Å²) in [5.41, 5.74) is 1.63. The lowest BCUT2D eigenvalue weighted by Gasteiger charge is -2.25. The van der Waals surface area contributed by atoms with E-state index in [1.165, 1.54) is 13.0 Å².